The van der Waals surface area contributed by atoms with Gasteiger partial charge in [-0.25, -0.2) is 4.98 Å². The number of ketones is 1. The van der Waals surface area contributed by atoms with Crippen molar-refractivity contribution in [3.05, 3.63) is 58.1 Å². The number of imidazole rings is 1. The zero-order valence-electron chi connectivity index (χ0n) is 14.2. The minimum absolute atomic E-state index is 0. The zero-order valence-corrected chi connectivity index (χ0v) is 17.4. The summed E-state index contributed by atoms with van der Waals surface area (Å²) in [7, 11) is 0. The number of rotatable bonds is 7. The summed E-state index contributed by atoms with van der Waals surface area (Å²) in [6.07, 6.45) is 2.18. The van der Waals surface area contributed by atoms with Crippen LogP contribution < -0.4 is 0 Å². The van der Waals surface area contributed by atoms with Crippen LogP contribution in [-0.4, -0.2) is 21.1 Å². The number of aryl methyl sites for hydroxylation is 1. The lowest BCUT2D eigenvalue weighted by molar-refractivity contribution is 0.102. The number of carbonyl (C=O) groups is 1. The maximum absolute atomic E-state index is 12.5. The van der Waals surface area contributed by atoms with Gasteiger partial charge in [-0.15, -0.1) is 12.4 Å². The summed E-state index contributed by atoms with van der Waals surface area (Å²) in [5, 5.41) is 1.78. The number of benzene rings is 2. The van der Waals surface area contributed by atoms with E-state index < -0.39 is 0 Å². The van der Waals surface area contributed by atoms with Gasteiger partial charge >= 0.3 is 0 Å². The molecule has 138 valence electrons. The lowest BCUT2D eigenvalue weighted by Gasteiger charge is -2.08. The molecule has 0 saturated carbocycles. The first-order chi connectivity index (χ1) is 12.1. The van der Waals surface area contributed by atoms with E-state index >= 15 is 0 Å². The third-order valence-electron chi connectivity index (χ3n) is 3.92. The van der Waals surface area contributed by atoms with Gasteiger partial charge in [-0.2, -0.15) is 0 Å². The molecule has 0 N–H and O–H groups in total. The van der Waals surface area contributed by atoms with Crippen LogP contribution in [0.1, 0.15) is 30.1 Å². The quantitative estimate of drug-likeness (QED) is 0.316. The van der Waals surface area contributed by atoms with Crippen molar-refractivity contribution in [2.75, 3.05) is 5.75 Å². The molecular formula is C19H19Cl3N2OS. The minimum atomic E-state index is -0.0271. The highest BCUT2D eigenvalue weighted by atomic mass is 35.5. The van der Waals surface area contributed by atoms with Crippen molar-refractivity contribution >= 4 is 64.2 Å². The van der Waals surface area contributed by atoms with Crippen molar-refractivity contribution in [3.8, 4) is 0 Å². The number of thioether (sulfide) groups is 1. The molecule has 0 fully saturated rings. The predicted octanol–water partition coefficient (Wildman–Crippen LogP) is 6.54. The van der Waals surface area contributed by atoms with Crippen LogP contribution in [0.3, 0.4) is 0 Å². The first kappa shape index (κ1) is 21.1. The molecule has 3 aromatic rings. The highest BCUT2D eigenvalue weighted by molar-refractivity contribution is 7.99. The Bertz CT molecular complexity index is 911. The smallest absolute Gasteiger partial charge is 0.174 e. The van der Waals surface area contributed by atoms with Crippen LogP contribution in [0.4, 0.5) is 0 Å². The third kappa shape index (κ3) is 4.74. The molecule has 0 spiro atoms. The Labute approximate surface area is 173 Å². The van der Waals surface area contributed by atoms with Crippen LogP contribution in [0.2, 0.25) is 10.0 Å². The Kier molecular flexibility index (Phi) is 7.84. The number of Topliss-reactive ketones (excluding diaryl/α,β-unsaturated/α-hetero) is 1. The van der Waals surface area contributed by atoms with Gasteiger partial charge in [-0.1, -0.05) is 60.4 Å². The van der Waals surface area contributed by atoms with E-state index in [0.29, 0.717) is 15.6 Å². The van der Waals surface area contributed by atoms with E-state index in [0.717, 1.165) is 35.6 Å². The van der Waals surface area contributed by atoms with Crippen molar-refractivity contribution in [3.63, 3.8) is 0 Å². The van der Waals surface area contributed by atoms with Crippen LogP contribution in [-0.2, 0) is 6.54 Å². The largest absolute Gasteiger partial charge is 0.319 e. The Morgan fingerprint density at radius 3 is 2.69 bits per heavy atom. The Morgan fingerprint density at radius 2 is 1.96 bits per heavy atom. The molecule has 0 unspecified atom stereocenters. The molecule has 0 amide bonds. The van der Waals surface area contributed by atoms with E-state index in [4.69, 9.17) is 23.2 Å². The fourth-order valence-corrected chi connectivity index (χ4v) is 4.06. The Balaban J connectivity index is 0.00000243. The summed E-state index contributed by atoms with van der Waals surface area (Å²) >= 11 is 13.5. The number of para-hydroxylation sites is 2. The summed E-state index contributed by atoms with van der Waals surface area (Å²) in [5.74, 6) is 0.261. The van der Waals surface area contributed by atoms with Crippen molar-refractivity contribution in [2.24, 2.45) is 0 Å². The molecule has 1 heterocycles. The molecule has 3 rings (SSSR count). The molecule has 0 radical (unpaired) electrons. The van der Waals surface area contributed by atoms with E-state index in [1.165, 1.54) is 11.8 Å². The van der Waals surface area contributed by atoms with Gasteiger partial charge in [0.25, 0.3) is 0 Å². The van der Waals surface area contributed by atoms with Crippen LogP contribution in [0.25, 0.3) is 11.0 Å². The second kappa shape index (κ2) is 9.65. The number of halogens is 3. The van der Waals surface area contributed by atoms with Gasteiger partial charge in [0.05, 0.1) is 21.8 Å². The molecule has 0 bridgehead atoms. The average molecular weight is 430 g/mol. The monoisotopic (exact) mass is 428 g/mol. The standard InChI is InChI=1S/C19H18Cl2N2OS.ClH/c1-2-3-10-23-17-7-5-4-6-16(17)22-19(23)25-12-18(24)14-9-8-13(20)11-15(14)21;/h4-9,11H,2-3,10,12H2,1H3;1H. The molecule has 0 aliphatic heterocycles. The molecule has 1 aromatic heterocycles. The highest BCUT2D eigenvalue weighted by Crippen LogP contribution is 2.27. The van der Waals surface area contributed by atoms with Gasteiger partial charge in [-0.05, 0) is 36.8 Å². The number of aromatic nitrogens is 2. The first-order valence-electron chi connectivity index (χ1n) is 8.16. The van der Waals surface area contributed by atoms with E-state index in [-0.39, 0.29) is 23.9 Å². The predicted molar refractivity (Wildman–Crippen MR) is 113 cm³/mol. The lowest BCUT2D eigenvalue weighted by atomic mass is 10.1. The zero-order chi connectivity index (χ0) is 17.8. The van der Waals surface area contributed by atoms with E-state index in [2.05, 4.69) is 22.5 Å². The fourth-order valence-electron chi connectivity index (χ4n) is 2.62. The maximum atomic E-state index is 12.5. The van der Waals surface area contributed by atoms with Gasteiger partial charge in [0.1, 0.15) is 0 Å². The van der Waals surface area contributed by atoms with Crippen LogP contribution >= 0.6 is 47.4 Å². The van der Waals surface area contributed by atoms with Crippen LogP contribution in [0.15, 0.2) is 47.6 Å². The minimum Gasteiger partial charge on any atom is -0.319 e. The molecule has 0 aliphatic rings. The van der Waals surface area contributed by atoms with E-state index in [9.17, 15) is 4.79 Å². The van der Waals surface area contributed by atoms with Gasteiger partial charge < -0.3 is 4.57 Å². The van der Waals surface area contributed by atoms with Crippen molar-refractivity contribution in [2.45, 2.75) is 31.5 Å². The molecular weight excluding hydrogens is 411 g/mol. The van der Waals surface area contributed by atoms with Crippen LogP contribution in [0, 0.1) is 0 Å². The fraction of sp³-hybridized carbons (Fsp3) is 0.263. The number of unbranched alkanes of at least 4 members (excludes halogenated alkanes) is 1. The lowest BCUT2D eigenvalue weighted by Crippen LogP contribution is -2.06. The SMILES string of the molecule is CCCCn1c(SCC(=O)c2ccc(Cl)cc2Cl)nc2ccccc21.Cl. The van der Waals surface area contributed by atoms with Crippen LogP contribution in [0.5, 0.6) is 0 Å². The Morgan fingerprint density at radius 1 is 1.19 bits per heavy atom. The van der Waals surface area contributed by atoms with Gasteiger partial charge in [0, 0.05) is 17.1 Å². The summed E-state index contributed by atoms with van der Waals surface area (Å²) in [6, 6.07) is 13.0. The van der Waals surface area contributed by atoms with Crippen molar-refractivity contribution in [1.82, 2.24) is 9.55 Å². The normalized spacial score (nSPS) is 10.7. The average Bonchev–Trinajstić information content (AvgIpc) is 2.95. The van der Waals surface area contributed by atoms with E-state index in [1.807, 2.05) is 18.2 Å². The number of fused-ring (bicyclic) bond motifs is 1. The second-order valence-corrected chi connectivity index (χ2v) is 7.51. The molecule has 26 heavy (non-hydrogen) atoms. The highest BCUT2D eigenvalue weighted by Gasteiger charge is 2.15. The van der Waals surface area contributed by atoms with Crippen molar-refractivity contribution < 1.29 is 4.79 Å². The molecule has 7 heteroatoms. The maximum Gasteiger partial charge on any atom is 0.174 e. The van der Waals surface area contributed by atoms with Gasteiger partial charge in [0.2, 0.25) is 0 Å². The summed E-state index contributed by atoms with van der Waals surface area (Å²) in [4.78, 5) is 17.2. The number of hydrogen-bond donors (Lipinski definition) is 0. The van der Waals surface area contributed by atoms with Crippen molar-refractivity contribution in [1.29, 1.82) is 0 Å². The number of hydrogen-bond acceptors (Lipinski definition) is 3. The molecule has 0 atom stereocenters. The molecule has 3 nitrogen and oxygen atoms in total. The first-order valence-corrected chi connectivity index (χ1v) is 9.90. The number of carbonyl (C=O) groups excluding carboxylic acids is 1. The third-order valence-corrected chi connectivity index (χ3v) is 5.44. The Hall–Kier alpha value is -1.20. The molecule has 0 aliphatic carbocycles. The second-order valence-electron chi connectivity index (χ2n) is 5.72. The molecule has 2 aromatic carbocycles. The summed E-state index contributed by atoms with van der Waals surface area (Å²) in [6.45, 7) is 3.06. The van der Waals surface area contributed by atoms with Gasteiger partial charge in [0.15, 0.2) is 10.9 Å². The van der Waals surface area contributed by atoms with Gasteiger partial charge in [-0.3, -0.25) is 4.79 Å². The summed E-state index contributed by atoms with van der Waals surface area (Å²) < 4.78 is 2.19. The summed E-state index contributed by atoms with van der Waals surface area (Å²) in [5.41, 5.74) is 2.56. The number of nitrogens with zero attached hydrogens (tertiary/aromatic N) is 2. The molecule has 0 saturated heterocycles. The topological polar surface area (TPSA) is 34.9 Å². The van der Waals surface area contributed by atoms with E-state index in [1.54, 1.807) is 18.2 Å².